The maximum atomic E-state index is 4.04. The van der Waals surface area contributed by atoms with E-state index in [-0.39, 0.29) is 0 Å². The first-order valence-electron chi connectivity index (χ1n) is 16.0. The molecule has 0 amide bonds. The Hall–Kier alpha value is -3.19. The van der Waals surface area contributed by atoms with Crippen molar-refractivity contribution in [1.29, 1.82) is 0 Å². The van der Waals surface area contributed by atoms with Gasteiger partial charge >= 0.3 is 0 Å². The smallest absolute Gasteiger partial charge is 0.0299 e. The van der Waals surface area contributed by atoms with E-state index < -0.39 is 0 Å². The number of rotatable bonds is 8. The summed E-state index contributed by atoms with van der Waals surface area (Å²) in [5.41, 5.74) is 8.36. The van der Waals surface area contributed by atoms with Crippen LogP contribution in [0.2, 0.25) is 0 Å². The molecule has 1 heteroatoms. The fourth-order valence-electron chi connectivity index (χ4n) is 4.47. The van der Waals surface area contributed by atoms with E-state index in [1.54, 1.807) is 0 Å². The summed E-state index contributed by atoms with van der Waals surface area (Å²) in [5.74, 6) is 3.02. The van der Waals surface area contributed by atoms with E-state index in [1.807, 2.05) is 18.5 Å². The van der Waals surface area contributed by atoms with Crippen molar-refractivity contribution in [3.05, 3.63) is 137 Å². The number of nitrogens with zero attached hydrogens (tertiary/aromatic N) is 1. The molecule has 1 aromatic heterocycles. The van der Waals surface area contributed by atoms with Crippen molar-refractivity contribution in [2.45, 2.75) is 94.9 Å². The number of aromatic nitrogens is 1. The van der Waals surface area contributed by atoms with E-state index >= 15 is 0 Å². The summed E-state index contributed by atoms with van der Waals surface area (Å²) >= 11 is 0. The summed E-state index contributed by atoms with van der Waals surface area (Å²) in [4.78, 5) is 4.04. The van der Waals surface area contributed by atoms with E-state index in [1.165, 1.54) is 52.6 Å². The van der Waals surface area contributed by atoms with Gasteiger partial charge in [0, 0.05) is 12.4 Å². The van der Waals surface area contributed by atoms with Gasteiger partial charge in [-0.05, 0) is 91.5 Å². The van der Waals surface area contributed by atoms with Crippen molar-refractivity contribution in [2.75, 3.05) is 0 Å². The molecule has 0 unspecified atom stereocenters. The van der Waals surface area contributed by atoms with E-state index in [4.69, 9.17) is 0 Å². The normalized spacial score (nSPS) is 10.4. The van der Waals surface area contributed by atoms with Gasteiger partial charge in [-0.15, -0.1) is 0 Å². The monoisotopic (exact) mass is 565 g/mol. The van der Waals surface area contributed by atoms with Gasteiger partial charge in [0.2, 0.25) is 0 Å². The van der Waals surface area contributed by atoms with Crippen molar-refractivity contribution < 1.29 is 0 Å². The van der Waals surface area contributed by atoms with Gasteiger partial charge < -0.3 is 0 Å². The molecule has 228 valence electrons. The first-order chi connectivity index (χ1) is 19.9. The Bertz CT molecular complexity index is 1060. The Morgan fingerprint density at radius 2 is 0.738 bits per heavy atom. The standard InChI is InChI=1S/2C11H16.C10H14.C9H13N/c2*1-9(2)8-11-6-4-10(3)5-7-11;1-9(2)8-10-6-4-3-5-7-10;1-8(2)6-9-4-3-5-10-7-9/h2*4-7,9H,8H2,1-3H3;3-7,9H,8H2,1-2H3;3-5,7-8H,6H2,1-2H3. The minimum Gasteiger partial charge on any atom is -0.264 e. The molecule has 42 heavy (non-hydrogen) atoms. The van der Waals surface area contributed by atoms with Crippen LogP contribution in [-0.2, 0) is 25.7 Å². The zero-order chi connectivity index (χ0) is 31.3. The maximum Gasteiger partial charge on any atom is 0.0299 e. The molecule has 1 heterocycles. The van der Waals surface area contributed by atoms with E-state index in [0.29, 0.717) is 0 Å². The Labute approximate surface area is 259 Å². The highest BCUT2D eigenvalue weighted by Crippen LogP contribution is 2.10. The lowest BCUT2D eigenvalue weighted by Gasteiger charge is -2.04. The van der Waals surface area contributed by atoms with E-state index in [9.17, 15) is 0 Å². The van der Waals surface area contributed by atoms with Crippen LogP contribution in [0.15, 0.2) is 103 Å². The summed E-state index contributed by atoms with van der Waals surface area (Å²) in [6.45, 7) is 22.2. The van der Waals surface area contributed by atoms with Crippen LogP contribution in [0.1, 0.15) is 88.8 Å². The molecule has 0 radical (unpaired) electrons. The molecule has 0 aliphatic heterocycles. The van der Waals surface area contributed by atoms with Gasteiger partial charge in [0.05, 0.1) is 0 Å². The Balaban J connectivity index is 0.000000280. The summed E-state index contributed by atoms with van der Waals surface area (Å²) < 4.78 is 0. The quantitative estimate of drug-likeness (QED) is 0.207. The van der Waals surface area contributed by atoms with Gasteiger partial charge in [-0.3, -0.25) is 4.98 Å². The van der Waals surface area contributed by atoms with Crippen LogP contribution in [-0.4, -0.2) is 4.98 Å². The van der Waals surface area contributed by atoms with Crippen molar-refractivity contribution >= 4 is 0 Å². The van der Waals surface area contributed by atoms with E-state index in [0.717, 1.165) is 30.1 Å². The molecule has 0 spiro atoms. The summed E-state index contributed by atoms with van der Waals surface area (Å²) in [7, 11) is 0. The highest BCUT2D eigenvalue weighted by Gasteiger charge is 1.97. The zero-order valence-electron chi connectivity index (χ0n) is 28.4. The Morgan fingerprint density at radius 1 is 0.405 bits per heavy atom. The van der Waals surface area contributed by atoms with Gasteiger partial charge in [-0.1, -0.05) is 151 Å². The van der Waals surface area contributed by atoms with Gasteiger partial charge in [-0.2, -0.15) is 0 Å². The second kappa shape index (κ2) is 21.5. The number of hydrogen-bond acceptors (Lipinski definition) is 1. The fraction of sp³-hybridized carbons (Fsp3) is 0.439. The third-order valence-electron chi connectivity index (χ3n) is 6.38. The molecule has 0 fully saturated rings. The first kappa shape index (κ1) is 36.8. The molecular weight excluding hydrogens is 506 g/mol. The predicted molar refractivity (Wildman–Crippen MR) is 187 cm³/mol. The Morgan fingerprint density at radius 3 is 1.07 bits per heavy atom. The predicted octanol–water partition coefficient (Wildman–Crippen LogP) is 11.6. The van der Waals surface area contributed by atoms with Crippen molar-refractivity contribution in [3.8, 4) is 0 Å². The van der Waals surface area contributed by atoms with Gasteiger partial charge in [-0.25, -0.2) is 0 Å². The molecule has 0 aliphatic rings. The van der Waals surface area contributed by atoms with Crippen LogP contribution >= 0.6 is 0 Å². The van der Waals surface area contributed by atoms with Crippen molar-refractivity contribution in [1.82, 2.24) is 4.98 Å². The van der Waals surface area contributed by atoms with E-state index in [2.05, 4.69) is 159 Å². The number of hydrogen-bond donors (Lipinski definition) is 0. The molecule has 0 saturated carbocycles. The molecule has 0 N–H and O–H groups in total. The summed E-state index contributed by atoms with van der Waals surface area (Å²) in [6.07, 6.45) is 8.46. The lowest BCUT2D eigenvalue weighted by atomic mass is 10.0. The van der Waals surface area contributed by atoms with Gasteiger partial charge in [0.1, 0.15) is 0 Å². The zero-order valence-corrected chi connectivity index (χ0v) is 28.4. The average Bonchev–Trinajstić information content (AvgIpc) is 2.92. The molecule has 3 aromatic carbocycles. The molecule has 0 atom stereocenters. The third-order valence-corrected chi connectivity index (χ3v) is 6.38. The minimum absolute atomic E-state index is 0.726. The molecular formula is C41H59N. The molecule has 0 saturated heterocycles. The lowest BCUT2D eigenvalue weighted by molar-refractivity contribution is 0.645. The van der Waals surface area contributed by atoms with Gasteiger partial charge in [0.25, 0.3) is 0 Å². The topological polar surface area (TPSA) is 12.9 Å². The fourth-order valence-corrected chi connectivity index (χ4v) is 4.47. The Kier molecular flexibility index (Phi) is 18.9. The molecule has 1 nitrogen and oxygen atoms in total. The highest BCUT2D eigenvalue weighted by molar-refractivity contribution is 5.22. The number of pyridine rings is 1. The number of benzene rings is 3. The molecule has 0 aliphatic carbocycles. The van der Waals surface area contributed by atoms with Crippen molar-refractivity contribution in [2.24, 2.45) is 23.7 Å². The highest BCUT2D eigenvalue weighted by atomic mass is 14.6. The first-order valence-corrected chi connectivity index (χ1v) is 16.0. The third kappa shape index (κ3) is 19.8. The van der Waals surface area contributed by atoms with Crippen LogP contribution < -0.4 is 0 Å². The van der Waals surface area contributed by atoms with Crippen LogP contribution in [0.25, 0.3) is 0 Å². The van der Waals surface area contributed by atoms with Crippen LogP contribution in [0, 0.1) is 37.5 Å². The molecule has 4 rings (SSSR count). The van der Waals surface area contributed by atoms with Crippen molar-refractivity contribution in [3.63, 3.8) is 0 Å². The second-order valence-corrected chi connectivity index (χ2v) is 13.2. The SMILES string of the molecule is CC(C)Cc1ccccc1.CC(C)Cc1cccnc1.Cc1ccc(CC(C)C)cc1.Cc1ccc(CC(C)C)cc1. The maximum absolute atomic E-state index is 4.04. The molecule has 0 bridgehead atoms. The largest absolute Gasteiger partial charge is 0.264 e. The second-order valence-electron chi connectivity index (χ2n) is 13.2. The molecule has 4 aromatic rings. The lowest BCUT2D eigenvalue weighted by Crippen LogP contribution is -1.93. The summed E-state index contributed by atoms with van der Waals surface area (Å²) in [6, 6.07) is 32.3. The average molecular weight is 566 g/mol. The van der Waals surface area contributed by atoms with Crippen LogP contribution in [0.4, 0.5) is 0 Å². The minimum atomic E-state index is 0.726. The number of aryl methyl sites for hydroxylation is 2. The summed E-state index contributed by atoms with van der Waals surface area (Å²) in [5, 5.41) is 0. The van der Waals surface area contributed by atoms with Crippen LogP contribution in [0.5, 0.6) is 0 Å². The van der Waals surface area contributed by atoms with Gasteiger partial charge in [0.15, 0.2) is 0 Å². The van der Waals surface area contributed by atoms with Crippen LogP contribution in [0.3, 0.4) is 0 Å².